The predicted octanol–water partition coefficient (Wildman–Crippen LogP) is 11.0. The highest BCUT2D eigenvalue weighted by Gasteiger charge is 1.96. The third-order valence-electron chi connectivity index (χ3n) is 6.21. The lowest BCUT2D eigenvalue weighted by molar-refractivity contribution is -0.116. The molecule has 0 rings (SSSR count). The average Bonchev–Trinajstić information content (AvgIpc) is 2.73. The Morgan fingerprint density at radius 3 is 0.853 bits per heavy atom. The van der Waals surface area contributed by atoms with E-state index in [1.807, 2.05) is 0 Å². The first-order chi connectivity index (χ1) is 16.1. The Labute approximate surface area is 212 Å². The first-order valence-electron chi connectivity index (χ1n) is 13.5. The van der Waals surface area contributed by atoms with Crippen LogP contribution in [0.3, 0.4) is 0 Å². The molecule has 0 fully saturated rings. The van der Waals surface area contributed by atoms with Crippen LogP contribution in [-0.2, 0) is 4.79 Å². The van der Waals surface area contributed by atoms with Crippen LogP contribution in [0.5, 0.6) is 0 Å². The minimum atomic E-state index is 0.276. The molecule has 0 radical (unpaired) electrons. The maximum Gasteiger partial charge on any atom is 0.130 e. The Morgan fingerprint density at radius 1 is 0.382 bits per heavy atom. The van der Waals surface area contributed by atoms with Crippen molar-refractivity contribution in [2.75, 3.05) is 0 Å². The van der Waals surface area contributed by atoms with Crippen LogP contribution in [0.4, 0.5) is 0 Å². The van der Waals surface area contributed by atoms with Gasteiger partial charge in [0.15, 0.2) is 0 Å². The zero-order chi connectivity index (χ0) is 25.8. The second kappa shape index (κ2) is 20.5. The molecule has 0 aromatic carbocycles. The average molecular weight is 467 g/mol. The summed E-state index contributed by atoms with van der Waals surface area (Å²) < 4.78 is 0. The first-order valence-corrected chi connectivity index (χ1v) is 13.5. The molecule has 0 heterocycles. The van der Waals surface area contributed by atoms with E-state index in [9.17, 15) is 4.79 Å². The van der Waals surface area contributed by atoms with E-state index in [1.165, 1.54) is 59.1 Å². The largest absolute Gasteiger partial charge is 0.300 e. The van der Waals surface area contributed by atoms with Gasteiger partial charge in [0.1, 0.15) is 5.78 Å². The van der Waals surface area contributed by atoms with Crippen LogP contribution < -0.4 is 0 Å². The van der Waals surface area contributed by atoms with E-state index in [1.54, 1.807) is 6.92 Å². The number of Topliss-reactive ketones (excluding diaryl/α,β-unsaturated/α-hetero) is 1. The number of rotatable bonds is 18. The van der Waals surface area contributed by atoms with Gasteiger partial charge < -0.3 is 4.79 Å². The summed E-state index contributed by atoms with van der Waals surface area (Å²) >= 11 is 0. The van der Waals surface area contributed by atoms with Gasteiger partial charge in [0.05, 0.1) is 0 Å². The molecule has 34 heavy (non-hydrogen) atoms. The lowest BCUT2D eigenvalue weighted by Gasteiger charge is -2.04. The van der Waals surface area contributed by atoms with E-state index in [0.29, 0.717) is 6.42 Å². The third kappa shape index (κ3) is 21.9. The molecule has 0 aromatic heterocycles. The van der Waals surface area contributed by atoms with Gasteiger partial charge in [0.25, 0.3) is 0 Å². The number of ketones is 1. The van der Waals surface area contributed by atoms with Crippen LogP contribution in [0.2, 0.25) is 0 Å². The van der Waals surface area contributed by atoms with Crippen molar-refractivity contribution in [2.45, 2.75) is 132 Å². The van der Waals surface area contributed by atoms with Crippen molar-refractivity contribution in [1.82, 2.24) is 0 Å². The van der Waals surface area contributed by atoms with Crippen molar-refractivity contribution >= 4 is 5.78 Å². The molecule has 0 N–H and O–H groups in total. The Morgan fingerprint density at radius 2 is 0.618 bits per heavy atom. The van der Waals surface area contributed by atoms with Gasteiger partial charge in [-0.25, -0.2) is 0 Å². The molecule has 0 aliphatic carbocycles. The van der Waals surface area contributed by atoms with Gasteiger partial charge in [-0.3, -0.25) is 0 Å². The number of carbonyl (C=O) groups excluding carboxylic acids is 1. The topological polar surface area (TPSA) is 17.1 Å². The molecular weight excluding hydrogens is 412 g/mol. The summed E-state index contributed by atoms with van der Waals surface area (Å²) in [5.41, 5.74) is 8.85. The molecule has 1 nitrogen and oxygen atoms in total. The van der Waals surface area contributed by atoms with Gasteiger partial charge in [-0.05, 0) is 126 Å². The highest BCUT2D eigenvalue weighted by atomic mass is 16.1. The molecule has 0 aromatic rings. The van der Waals surface area contributed by atoms with Gasteiger partial charge in [0.2, 0.25) is 0 Å². The van der Waals surface area contributed by atoms with E-state index in [0.717, 1.165) is 44.9 Å². The van der Waals surface area contributed by atoms with E-state index < -0.39 is 0 Å². The van der Waals surface area contributed by atoms with Crippen molar-refractivity contribution < 1.29 is 4.79 Å². The molecule has 0 aliphatic heterocycles. The molecule has 0 unspecified atom stereocenters. The maximum absolute atomic E-state index is 11.0. The molecular formula is C33H54O. The van der Waals surface area contributed by atoms with Crippen molar-refractivity contribution in [3.05, 3.63) is 69.9 Å². The van der Waals surface area contributed by atoms with Gasteiger partial charge in [-0.2, -0.15) is 0 Å². The lowest BCUT2D eigenvalue weighted by Crippen LogP contribution is -1.87. The molecule has 0 atom stereocenters. The van der Waals surface area contributed by atoms with E-state index in [2.05, 4.69) is 84.9 Å². The van der Waals surface area contributed by atoms with Crippen LogP contribution in [0.25, 0.3) is 0 Å². The van der Waals surface area contributed by atoms with Crippen LogP contribution >= 0.6 is 0 Å². The number of carbonyl (C=O) groups is 1. The smallest absolute Gasteiger partial charge is 0.130 e. The summed E-state index contributed by atoms with van der Waals surface area (Å²) in [6, 6.07) is 0. The fourth-order valence-corrected chi connectivity index (χ4v) is 3.81. The van der Waals surface area contributed by atoms with Gasteiger partial charge in [-0.1, -0.05) is 69.9 Å². The second-order valence-electron chi connectivity index (χ2n) is 10.5. The number of hydrogen-bond donors (Lipinski definition) is 0. The number of hydrogen-bond acceptors (Lipinski definition) is 1. The molecule has 0 saturated carbocycles. The summed E-state index contributed by atoms with van der Waals surface area (Å²) in [7, 11) is 0. The van der Waals surface area contributed by atoms with Crippen LogP contribution in [-0.4, -0.2) is 5.78 Å². The molecule has 0 bridgehead atoms. The SMILES string of the molecule is CC(=O)CC/C=C(\C)CC/C=C(\C)CC/C=C(\C)CC/C=C(\C)CC/C=C(\C)CCC=C(C)C. The van der Waals surface area contributed by atoms with Crippen molar-refractivity contribution in [1.29, 1.82) is 0 Å². The minimum Gasteiger partial charge on any atom is -0.300 e. The van der Waals surface area contributed by atoms with E-state index in [4.69, 9.17) is 0 Å². The van der Waals surface area contributed by atoms with Crippen molar-refractivity contribution in [3.63, 3.8) is 0 Å². The molecule has 0 saturated heterocycles. The molecule has 0 spiro atoms. The van der Waals surface area contributed by atoms with Gasteiger partial charge in [0, 0.05) is 6.42 Å². The highest BCUT2D eigenvalue weighted by Crippen LogP contribution is 2.16. The van der Waals surface area contributed by atoms with Crippen LogP contribution in [0.1, 0.15) is 132 Å². The summed E-state index contributed by atoms with van der Waals surface area (Å²) in [6.45, 7) is 17.3. The monoisotopic (exact) mass is 466 g/mol. The quantitative estimate of drug-likeness (QED) is 0.183. The summed E-state index contributed by atoms with van der Waals surface area (Å²) in [5.74, 6) is 0.276. The standard InChI is InChI=1S/C33H54O/c1-27(2)15-9-16-28(3)17-10-18-29(4)19-11-20-30(5)21-12-22-31(6)23-13-24-32(7)25-14-26-33(8)34/h15,17,19,21,23,25H,9-14,16,18,20,22,24,26H2,1-8H3/b28-17+,29-19+,30-21+,31-23+,32-25+. The van der Waals surface area contributed by atoms with Crippen LogP contribution in [0.15, 0.2) is 69.9 Å². The fourth-order valence-electron chi connectivity index (χ4n) is 3.81. The third-order valence-corrected chi connectivity index (χ3v) is 6.21. The predicted molar refractivity (Wildman–Crippen MR) is 154 cm³/mol. The van der Waals surface area contributed by atoms with E-state index in [-0.39, 0.29) is 5.78 Å². The zero-order valence-electron chi connectivity index (χ0n) is 23.9. The van der Waals surface area contributed by atoms with Gasteiger partial charge in [-0.15, -0.1) is 0 Å². The second-order valence-corrected chi connectivity index (χ2v) is 10.5. The Balaban J connectivity index is 4.12. The Hall–Kier alpha value is -1.89. The number of allylic oxidation sites excluding steroid dienone is 12. The minimum absolute atomic E-state index is 0.276. The summed E-state index contributed by atoms with van der Waals surface area (Å²) in [6.07, 6.45) is 27.3. The summed E-state index contributed by atoms with van der Waals surface area (Å²) in [5, 5.41) is 0. The molecule has 192 valence electrons. The van der Waals surface area contributed by atoms with Gasteiger partial charge >= 0.3 is 0 Å². The fraction of sp³-hybridized carbons (Fsp3) is 0.606. The first kappa shape index (κ1) is 32.1. The van der Waals surface area contributed by atoms with E-state index >= 15 is 0 Å². The molecule has 0 aliphatic rings. The Bertz CT molecular complexity index is 760. The Kier molecular flexibility index (Phi) is 19.3. The highest BCUT2D eigenvalue weighted by molar-refractivity contribution is 5.75. The normalized spacial score (nSPS) is 13.9. The summed E-state index contributed by atoms with van der Waals surface area (Å²) in [4.78, 5) is 11.0. The molecule has 1 heteroatoms. The molecule has 0 amide bonds. The van der Waals surface area contributed by atoms with Crippen LogP contribution in [0, 0.1) is 0 Å². The lowest BCUT2D eigenvalue weighted by atomic mass is 10.0. The van der Waals surface area contributed by atoms with Crippen molar-refractivity contribution in [3.8, 4) is 0 Å². The maximum atomic E-state index is 11.0. The van der Waals surface area contributed by atoms with Crippen molar-refractivity contribution in [2.24, 2.45) is 0 Å². The zero-order valence-corrected chi connectivity index (χ0v) is 23.9.